The Morgan fingerprint density at radius 1 is 1.34 bits per heavy atom. The number of benzene rings is 2. The van der Waals surface area contributed by atoms with Crippen LogP contribution in [0.2, 0.25) is 0 Å². The normalized spacial score (nSPS) is 18.0. The summed E-state index contributed by atoms with van der Waals surface area (Å²) in [7, 11) is -0.576. The fourth-order valence-corrected chi connectivity index (χ4v) is 5.14. The maximum atomic E-state index is 12.2. The first-order chi connectivity index (χ1) is 15.6. The number of fused-ring (bicyclic) bond motifs is 1. The van der Waals surface area contributed by atoms with E-state index in [1.165, 1.54) is 6.20 Å². The number of hydrogen-bond acceptors (Lipinski definition) is 6. The second kappa shape index (κ2) is 9.73. The van der Waals surface area contributed by atoms with Crippen LogP contribution in [0.1, 0.15) is 29.7 Å². The van der Waals surface area contributed by atoms with Crippen LogP contribution in [-0.4, -0.2) is 45.5 Å². The van der Waals surface area contributed by atoms with Gasteiger partial charge in [0.25, 0.3) is 0 Å². The van der Waals surface area contributed by atoms with Gasteiger partial charge in [0.15, 0.2) is 5.17 Å². The lowest BCUT2D eigenvalue weighted by atomic mass is 10.1. The molecular formula is C24H22N4O3S. The molecule has 1 saturated heterocycles. The van der Waals surface area contributed by atoms with Gasteiger partial charge in [0.05, 0.1) is 24.5 Å². The topological polar surface area (TPSA) is 108 Å². The van der Waals surface area contributed by atoms with E-state index in [-0.39, 0.29) is 12.5 Å². The van der Waals surface area contributed by atoms with Crippen LogP contribution in [0.25, 0.3) is 10.9 Å². The number of amides is 1. The Bertz CT molecular complexity index is 1270. The van der Waals surface area contributed by atoms with Crippen molar-refractivity contribution >= 4 is 37.8 Å². The minimum atomic E-state index is -0.576. The molecule has 1 aliphatic rings. The molecule has 8 heteroatoms. The van der Waals surface area contributed by atoms with Crippen molar-refractivity contribution in [2.24, 2.45) is 4.99 Å². The quantitative estimate of drug-likeness (QED) is 0.566. The van der Waals surface area contributed by atoms with E-state index in [4.69, 9.17) is 4.74 Å². The third-order valence-electron chi connectivity index (χ3n) is 4.94. The third-order valence-corrected chi connectivity index (χ3v) is 6.78. The highest BCUT2D eigenvalue weighted by atomic mass is 32.2. The monoisotopic (exact) mass is 446 g/mol. The number of aliphatic hydroxyl groups is 1. The van der Waals surface area contributed by atoms with Gasteiger partial charge in [-0.2, -0.15) is 5.26 Å². The summed E-state index contributed by atoms with van der Waals surface area (Å²) in [6.07, 6.45) is 1.52. The first-order valence-corrected chi connectivity index (χ1v) is 11.6. The highest BCUT2D eigenvalue weighted by molar-refractivity contribution is 8.29. The number of nitrogens with zero attached hydrogens (tertiary/aromatic N) is 3. The summed E-state index contributed by atoms with van der Waals surface area (Å²) in [6, 6.07) is 16.9. The van der Waals surface area contributed by atoms with Crippen molar-refractivity contribution in [2.45, 2.75) is 13.0 Å². The average molecular weight is 447 g/mol. The van der Waals surface area contributed by atoms with Gasteiger partial charge in [-0.1, -0.05) is 36.4 Å². The fraction of sp³-hybridized carbons (Fsp3) is 0.208. The predicted molar refractivity (Wildman–Crippen MR) is 127 cm³/mol. The van der Waals surface area contributed by atoms with Gasteiger partial charge < -0.3 is 15.2 Å². The molecule has 0 saturated carbocycles. The van der Waals surface area contributed by atoms with Crippen molar-refractivity contribution in [3.63, 3.8) is 0 Å². The summed E-state index contributed by atoms with van der Waals surface area (Å²) < 4.78 is 5.73. The van der Waals surface area contributed by atoms with E-state index in [2.05, 4.69) is 21.4 Å². The van der Waals surface area contributed by atoms with Crippen molar-refractivity contribution in [3.05, 3.63) is 71.4 Å². The molecule has 1 aromatic heterocycles. The number of nitrogens with one attached hydrogen (secondary N) is 1. The first-order valence-electron chi connectivity index (χ1n) is 10.2. The van der Waals surface area contributed by atoms with Gasteiger partial charge in [0.1, 0.15) is 23.4 Å². The molecule has 1 fully saturated rings. The standard InChI is InChI=1S/C24H22N4O3S/c1-2-31-23-18(11-25)12-26-20-9-8-16(10-19(20)23)14-32-15-22(30)28-24(32)27-21(13-29)17-6-4-3-5-7-17/h3-10,12,14,21,29H,2,13,15H2,1H3,(H,27,28,30)/t21-,32?/m0/s1. The molecule has 2 atom stereocenters. The molecule has 1 unspecified atom stereocenters. The fourth-order valence-electron chi connectivity index (χ4n) is 3.47. The van der Waals surface area contributed by atoms with Crippen molar-refractivity contribution in [1.29, 1.82) is 5.26 Å². The highest BCUT2D eigenvalue weighted by Gasteiger charge is 2.23. The smallest absolute Gasteiger partial charge is 0.235 e. The zero-order chi connectivity index (χ0) is 22.5. The molecule has 2 N–H and O–H groups in total. The van der Waals surface area contributed by atoms with E-state index in [9.17, 15) is 15.2 Å². The van der Waals surface area contributed by atoms with Crippen molar-refractivity contribution in [2.75, 3.05) is 19.0 Å². The Labute approximate surface area is 188 Å². The van der Waals surface area contributed by atoms with E-state index in [1.54, 1.807) is 0 Å². The van der Waals surface area contributed by atoms with Crippen molar-refractivity contribution in [1.82, 2.24) is 10.3 Å². The molecule has 0 bridgehead atoms. The minimum Gasteiger partial charge on any atom is -0.492 e. The molecule has 1 aliphatic heterocycles. The summed E-state index contributed by atoms with van der Waals surface area (Å²) in [5, 5.41) is 25.4. The molecule has 4 rings (SSSR count). The van der Waals surface area contributed by atoms with E-state index < -0.39 is 16.5 Å². The van der Waals surface area contributed by atoms with Gasteiger partial charge in [-0.15, -0.1) is 10.5 Å². The van der Waals surface area contributed by atoms with E-state index in [0.717, 1.165) is 22.0 Å². The van der Waals surface area contributed by atoms with Gasteiger partial charge >= 0.3 is 0 Å². The van der Waals surface area contributed by atoms with E-state index in [0.29, 0.717) is 28.8 Å². The van der Waals surface area contributed by atoms with Crippen LogP contribution in [0, 0.1) is 11.3 Å². The molecular weight excluding hydrogens is 424 g/mol. The predicted octanol–water partition coefficient (Wildman–Crippen LogP) is 3.14. The maximum absolute atomic E-state index is 12.2. The second-order valence-electron chi connectivity index (χ2n) is 7.10. The SMILES string of the molecule is CCOc1c(C#N)cnc2ccc(C=S3CC(=O)NC3=N[C@@H](CO)c3ccccc3)cc12. The number of amidine groups is 1. The number of ether oxygens (including phenoxy) is 1. The largest absolute Gasteiger partial charge is 0.492 e. The number of aromatic nitrogens is 1. The lowest BCUT2D eigenvalue weighted by Crippen LogP contribution is -2.21. The molecule has 0 spiro atoms. The number of carbonyl (C=O) groups is 1. The van der Waals surface area contributed by atoms with Crippen molar-refractivity contribution in [3.8, 4) is 11.8 Å². The number of aliphatic hydroxyl groups excluding tert-OH is 1. The molecule has 7 nitrogen and oxygen atoms in total. The Morgan fingerprint density at radius 2 is 2.16 bits per heavy atom. The van der Waals surface area contributed by atoms with Crippen LogP contribution in [0.4, 0.5) is 0 Å². The Hall–Kier alpha value is -3.54. The number of carbonyl (C=O) groups excluding carboxylic acids is 1. The second-order valence-corrected chi connectivity index (χ2v) is 8.87. The number of hydrogen-bond donors (Lipinski definition) is 2. The lowest BCUT2D eigenvalue weighted by molar-refractivity contribution is -0.116. The first kappa shape index (κ1) is 21.7. The van der Waals surface area contributed by atoms with Gasteiger partial charge in [0.2, 0.25) is 5.91 Å². The number of aliphatic imine (C=N–C) groups is 1. The molecule has 3 aromatic rings. The van der Waals surface area contributed by atoms with Crippen LogP contribution >= 0.6 is 10.5 Å². The zero-order valence-electron chi connectivity index (χ0n) is 17.5. The summed E-state index contributed by atoms with van der Waals surface area (Å²) in [4.78, 5) is 21.2. The van der Waals surface area contributed by atoms with E-state index in [1.807, 2.05) is 60.8 Å². The lowest BCUT2D eigenvalue weighted by Gasteiger charge is -2.12. The molecule has 2 heterocycles. The Morgan fingerprint density at radius 3 is 2.88 bits per heavy atom. The molecule has 2 aromatic carbocycles. The summed E-state index contributed by atoms with van der Waals surface area (Å²) >= 11 is 0. The van der Waals surface area contributed by atoms with Crippen LogP contribution < -0.4 is 10.1 Å². The molecule has 1 amide bonds. The maximum Gasteiger partial charge on any atom is 0.235 e. The number of nitriles is 1. The van der Waals surface area contributed by atoms with Gasteiger partial charge in [-0.25, -0.2) is 0 Å². The third kappa shape index (κ3) is 4.54. The molecule has 0 radical (unpaired) electrons. The summed E-state index contributed by atoms with van der Waals surface area (Å²) in [5.41, 5.74) is 2.87. The molecule has 162 valence electrons. The zero-order valence-corrected chi connectivity index (χ0v) is 18.3. The molecule has 32 heavy (non-hydrogen) atoms. The van der Waals surface area contributed by atoms with Gasteiger partial charge in [0, 0.05) is 11.6 Å². The highest BCUT2D eigenvalue weighted by Crippen LogP contribution is 2.30. The molecule has 0 aliphatic carbocycles. The number of rotatable bonds is 6. The Kier molecular flexibility index (Phi) is 6.59. The van der Waals surface area contributed by atoms with Crippen LogP contribution in [0.15, 0.2) is 59.7 Å². The van der Waals surface area contributed by atoms with E-state index >= 15 is 0 Å². The Balaban J connectivity index is 1.75. The summed E-state index contributed by atoms with van der Waals surface area (Å²) in [6.45, 7) is 2.15. The van der Waals surface area contributed by atoms with Crippen LogP contribution in [0.3, 0.4) is 0 Å². The van der Waals surface area contributed by atoms with Gasteiger partial charge in [-0.3, -0.25) is 14.8 Å². The summed E-state index contributed by atoms with van der Waals surface area (Å²) in [5.74, 6) is 0.716. The van der Waals surface area contributed by atoms with Crippen molar-refractivity contribution < 1.29 is 14.6 Å². The van der Waals surface area contributed by atoms with Crippen LogP contribution in [0.5, 0.6) is 5.75 Å². The van der Waals surface area contributed by atoms with Gasteiger partial charge in [-0.05, 0) is 35.6 Å². The van der Waals surface area contributed by atoms with Crippen LogP contribution in [-0.2, 0) is 4.79 Å². The minimum absolute atomic E-state index is 0.0997. The average Bonchev–Trinajstić information content (AvgIpc) is 3.16. The number of pyridine rings is 1.